The predicted molar refractivity (Wildman–Crippen MR) is 177 cm³/mol. The van der Waals surface area contributed by atoms with Crippen molar-refractivity contribution in [2.24, 2.45) is 0 Å². The lowest BCUT2D eigenvalue weighted by Gasteiger charge is -2.13. The van der Waals surface area contributed by atoms with Crippen molar-refractivity contribution in [3.8, 4) is 17.2 Å². The van der Waals surface area contributed by atoms with Crippen molar-refractivity contribution >= 4 is 39.6 Å². The van der Waals surface area contributed by atoms with E-state index in [-0.39, 0.29) is 47.0 Å². The monoisotopic (exact) mass is 622 g/mol. The molecular formula is C37H50O8. The minimum atomic E-state index is -0.650. The van der Waals surface area contributed by atoms with E-state index in [2.05, 4.69) is 20.8 Å². The quantitative estimate of drug-likeness (QED) is 0.0380. The number of benzene rings is 2. The zero-order valence-corrected chi connectivity index (χ0v) is 27.4. The van der Waals surface area contributed by atoms with Crippen LogP contribution < -0.4 is 19.8 Å². The third-order valence-corrected chi connectivity index (χ3v) is 7.88. The number of carbonyl (C=O) groups is 3. The van der Waals surface area contributed by atoms with Crippen molar-refractivity contribution in [3.05, 3.63) is 40.8 Å². The maximum Gasteiger partial charge on any atom is 0.344 e. The summed E-state index contributed by atoms with van der Waals surface area (Å²) in [6.07, 6.45) is 15.7. The van der Waals surface area contributed by atoms with Gasteiger partial charge in [-0.1, -0.05) is 97.8 Å². The van der Waals surface area contributed by atoms with E-state index in [9.17, 15) is 19.2 Å². The van der Waals surface area contributed by atoms with Crippen LogP contribution in [0.15, 0.2) is 39.5 Å². The first-order chi connectivity index (χ1) is 21.9. The van der Waals surface area contributed by atoms with Crippen LogP contribution in [0, 0.1) is 0 Å². The van der Waals surface area contributed by atoms with Crippen molar-refractivity contribution in [1.29, 1.82) is 0 Å². The van der Waals surface area contributed by atoms with Crippen LogP contribution >= 0.6 is 0 Å². The Labute approximate surface area is 266 Å². The van der Waals surface area contributed by atoms with Crippen LogP contribution in [-0.4, -0.2) is 17.9 Å². The Bertz CT molecular complexity index is 1450. The van der Waals surface area contributed by atoms with E-state index < -0.39 is 17.6 Å². The number of hydrogen-bond acceptors (Lipinski definition) is 8. The Hall–Kier alpha value is -3.68. The summed E-state index contributed by atoms with van der Waals surface area (Å²) in [4.78, 5) is 51.0. The second-order valence-electron chi connectivity index (χ2n) is 11.8. The molecule has 1 aromatic heterocycles. The van der Waals surface area contributed by atoms with Gasteiger partial charge in [0, 0.05) is 36.1 Å². The van der Waals surface area contributed by atoms with E-state index in [0.717, 1.165) is 83.5 Å². The van der Waals surface area contributed by atoms with E-state index in [1.54, 1.807) is 18.2 Å². The van der Waals surface area contributed by atoms with Gasteiger partial charge in [-0.15, -0.1) is 0 Å². The summed E-state index contributed by atoms with van der Waals surface area (Å²) in [5.41, 5.74) is -0.423. The Morgan fingerprint density at radius 1 is 0.533 bits per heavy atom. The van der Waals surface area contributed by atoms with Crippen molar-refractivity contribution < 1.29 is 33.0 Å². The first-order valence-corrected chi connectivity index (χ1v) is 17.0. The van der Waals surface area contributed by atoms with Gasteiger partial charge >= 0.3 is 23.5 Å². The normalized spacial score (nSPS) is 11.2. The van der Waals surface area contributed by atoms with Crippen molar-refractivity contribution in [2.75, 3.05) is 0 Å². The van der Waals surface area contributed by atoms with Gasteiger partial charge in [0.1, 0.15) is 11.3 Å². The highest BCUT2D eigenvalue weighted by atomic mass is 16.6. The van der Waals surface area contributed by atoms with E-state index in [1.807, 2.05) is 0 Å². The zero-order chi connectivity index (χ0) is 32.4. The van der Waals surface area contributed by atoms with Gasteiger partial charge in [0.15, 0.2) is 11.5 Å². The molecule has 3 aromatic rings. The van der Waals surface area contributed by atoms with Crippen LogP contribution in [0.5, 0.6) is 17.2 Å². The smallest absolute Gasteiger partial charge is 0.344 e. The average molecular weight is 623 g/mol. The van der Waals surface area contributed by atoms with Crippen LogP contribution in [0.25, 0.3) is 21.7 Å². The SMILES string of the molecule is CCCCCCCC(=O)Oc1ccc2c(c1)oc(=O)c1cc(OC(=O)CCCCCCC)c(OC(=O)CCCCCCC)cc12. The number of hydrogen-bond donors (Lipinski definition) is 0. The molecule has 0 unspecified atom stereocenters. The van der Waals surface area contributed by atoms with Gasteiger partial charge in [-0.3, -0.25) is 14.4 Å². The lowest BCUT2D eigenvalue weighted by Crippen LogP contribution is -2.13. The first-order valence-electron chi connectivity index (χ1n) is 17.0. The van der Waals surface area contributed by atoms with E-state index >= 15 is 0 Å². The Balaban J connectivity index is 1.84. The summed E-state index contributed by atoms with van der Waals surface area (Å²) >= 11 is 0. The molecule has 8 nitrogen and oxygen atoms in total. The highest BCUT2D eigenvalue weighted by Crippen LogP contribution is 2.36. The molecule has 0 aliphatic heterocycles. The molecule has 0 saturated heterocycles. The van der Waals surface area contributed by atoms with Crippen LogP contribution in [-0.2, 0) is 14.4 Å². The second kappa shape index (κ2) is 19.7. The molecule has 0 spiro atoms. The van der Waals surface area contributed by atoms with E-state index in [0.29, 0.717) is 30.0 Å². The van der Waals surface area contributed by atoms with Crippen LogP contribution in [0.2, 0.25) is 0 Å². The number of rotatable bonds is 21. The maximum absolute atomic E-state index is 13.1. The Morgan fingerprint density at radius 2 is 0.978 bits per heavy atom. The lowest BCUT2D eigenvalue weighted by molar-refractivity contribution is -0.137. The van der Waals surface area contributed by atoms with Gasteiger partial charge in [0.2, 0.25) is 0 Å². The number of esters is 3. The molecule has 3 rings (SSSR count). The molecule has 0 aliphatic rings. The van der Waals surface area contributed by atoms with Crippen LogP contribution in [0.3, 0.4) is 0 Å². The van der Waals surface area contributed by atoms with E-state index in [4.69, 9.17) is 18.6 Å². The second-order valence-corrected chi connectivity index (χ2v) is 11.8. The molecule has 0 amide bonds. The zero-order valence-electron chi connectivity index (χ0n) is 27.4. The Morgan fingerprint density at radius 3 is 1.47 bits per heavy atom. The van der Waals surface area contributed by atoms with Crippen molar-refractivity contribution in [2.45, 2.75) is 136 Å². The number of unbranched alkanes of at least 4 members (excludes halogenated alkanes) is 12. The summed E-state index contributed by atoms with van der Waals surface area (Å²) in [6.45, 7) is 6.41. The summed E-state index contributed by atoms with van der Waals surface area (Å²) in [5, 5.41) is 1.22. The number of carbonyl (C=O) groups excluding carboxylic acids is 3. The van der Waals surface area contributed by atoms with Gasteiger partial charge in [-0.05, 0) is 43.5 Å². The maximum atomic E-state index is 13.1. The summed E-state index contributed by atoms with van der Waals surface area (Å²) < 4.78 is 22.5. The average Bonchev–Trinajstić information content (AvgIpc) is 3.01. The largest absolute Gasteiger partial charge is 0.426 e. The molecule has 0 radical (unpaired) electrons. The fraction of sp³-hybridized carbons (Fsp3) is 0.568. The molecular weight excluding hydrogens is 572 g/mol. The topological polar surface area (TPSA) is 109 Å². The van der Waals surface area contributed by atoms with Crippen LogP contribution in [0.4, 0.5) is 0 Å². The minimum absolute atomic E-state index is 0.0107. The number of ether oxygens (including phenoxy) is 3. The fourth-order valence-corrected chi connectivity index (χ4v) is 5.29. The van der Waals surface area contributed by atoms with Gasteiger partial charge < -0.3 is 18.6 Å². The van der Waals surface area contributed by atoms with Gasteiger partial charge in [0.25, 0.3) is 0 Å². The number of fused-ring (bicyclic) bond motifs is 3. The van der Waals surface area contributed by atoms with E-state index in [1.165, 1.54) is 12.1 Å². The lowest BCUT2D eigenvalue weighted by atomic mass is 10.1. The molecule has 0 bridgehead atoms. The van der Waals surface area contributed by atoms with Crippen LogP contribution in [0.1, 0.15) is 136 Å². The molecule has 0 saturated carbocycles. The molecule has 8 heteroatoms. The molecule has 45 heavy (non-hydrogen) atoms. The van der Waals surface area contributed by atoms with Crippen molar-refractivity contribution in [3.63, 3.8) is 0 Å². The minimum Gasteiger partial charge on any atom is -0.426 e. The standard InChI is InChI=1S/C37H50O8/c1-4-7-10-13-16-19-34(38)42-27-22-23-28-29-25-32(43-35(39)20-17-14-11-8-5-2)33(26-30(29)37(41)45-31(28)24-27)44-36(40)21-18-15-12-9-6-3/h22-26H,4-21H2,1-3H3. The third kappa shape index (κ3) is 12.0. The highest BCUT2D eigenvalue weighted by molar-refractivity contribution is 6.06. The third-order valence-electron chi connectivity index (χ3n) is 7.88. The molecule has 0 atom stereocenters. The van der Waals surface area contributed by atoms with Crippen molar-refractivity contribution in [1.82, 2.24) is 0 Å². The Kier molecular flexibility index (Phi) is 15.6. The highest BCUT2D eigenvalue weighted by Gasteiger charge is 2.19. The summed E-state index contributed by atoms with van der Waals surface area (Å²) in [6, 6.07) is 7.82. The van der Waals surface area contributed by atoms with Gasteiger partial charge in [0.05, 0.1) is 5.39 Å². The molecule has 0 N–H and O–H groups in total. The summed E-state index contributed by atoms with van der Waals surface area (Å²) in [7, 11) is 0. The van der Waals surface area contributed by atoms with Gasteiger partial charge in [-0.2, -0.15) is 0 Å². The molecule has 1 heterocycles. The molecule has 246 valence electrons. The predicted octanol–water partition coefficient (Wildman–Crippen LogP) is 9.74. The van der Waals surface area contributed by atoms with Gasteiger partial charge in [-0.25, -0.2) is 4.79 Å². The molecule has 0 fully saturated rings. The fourth-order valence-electron chi connectivity index (χ4n) is 5.29. The summed E-state index contributed by atoms with van der Waals surface area (Å²) in [5.74, 6) is -0.858. The molecule has 2 aromatic carbocycles. The first kappa shape index (κ1) is 35.8. The molecule has 0 aliphatic carbocycles.